The lowest BCUT2D eigenvalue weighted by molar-refractivity contribution is 0.0147. The van der Waals surface area contributed by atoms with E-state index in [0.29, 0.717) is 31.0 Å². The number of hydrogen-bond donors (Lipinski definition) is 2. The summed E-state index contributed by atoms with van der Waals surface area (Å²) in [6.07, 6.45) is -0.954. The Kier molecular flexibility index (Phi) is 6.51. The van der Waals surface area contributed by atoms with E-state index in [1.54, 1.807) is 12.1 Å². The maximum atomic E-state index is 13.4. The molecule has 4 aromatic rings. The van der Waals surface area contributed by atoms with Gasteiger partial charge < -0.3 is 15.3 Å². The Hall–Kier alpha value is -3.33. The molecule has 0 aliphatic carbocycles. The van der Waals surface area contributed by atoms with Crippen molar-refractivity contribution in [2.75, 3.05) is 29.9 Å². The second-order valence-electron chi connectivity index (χ2n) is 8.61. The van der Waals surface area contributed by atoms with Gasteiger partial charge in [-0.25, -0.2) is 8.78 Å². The normalized spacial score (nSPS) is 17.5. The summed E-state index contributed by atoms with van der Waals surface area (Å²) in [7, 11) is 0. The summed E-state index contributed by atoms with van der Waals surface area (Å²) < 4.78 is 26.9. The van der Waals surface area contributed by atoms with Gasteiger partial charge in [-0.15, -0.1) is 10.2 Å². The molecular weight excluding hydrogens is 472 g/mol. The summed E-state index contributed by atoms with van der Waals surface area (Å²) in [6.45, 7) is 3.83. The van der Waals surface area contributed by atoms with Crippen LogP contribution in [0.25, 0.3) is 22.0 Å². The molecule has 2 heterocycles. The number of aliphatic hydroxyl groups is 1. The first-order chi connectivity index (χ1) is 16.9. The summed E-state index contributed by atoms with van der Waals surface area (Å²) in [5.74, 6) is -0.0346. The van der Waals surface area contributed by atoms with Crippen LogP contribution in [-0.4, -0.2) is 52.2 Å². The van der Waals surface area contributed by atoms with Crippen LogP contribution in [0.1, 0.15) is 6.92 Å². The van der Waals surface area contributed by atoms with Gasteiger partial charge in [0.15, 0.2) is 12.2 Å². The third-order valence-electron chi connectivity index (χ3n) is 6.28. The predicted octanol–water partition coefficient (Wildman–Crippen LogP) is 5.13. The molecule has 9 heteroatoms. The number of benzene rings is 3. The zero-order valence-corrected chi connectivity index (χ0v) is 19.8. The average molecular weight is 496 g/mol. The number of anilines is 2. The van der Waals surface area contributed by atoms with Crippen molar-refractivity contribution in [1.82, 2.24) is 15.1 Å². The topological polar surface area (TPSA) is 64.5 Å². The summed E-state index contributed by atoms with van der Waals surface area (Å²) in [5.41, 5.74) is 2.04. The third kappa shape index (κ3) is 4.77. The molecule has 5 rings (SSSR count). The number of piperazine rings is 1. The van der Waals surface area contributed by atoms with E-state index in [-0.39, 0.29) is 16.9 Å². The molecule has 0 radical (unpaired) electrons. The Morgan fingerprint density at radius 1 is 1.00 bits per heavy atom. The highest BCUT2D eigenvalue weighted by molar-refractivity contribution is 6.31. The molecule has 6 nitrogen and oxygen atoms in total. The van der Waals surface area contributed by atoms with Gasteiger partial charge in [-0.1, -0.05) is 35.9 Å². The van der Waals surface area contributed by atoms with Crippen LogP contribution in [0, 0.1) is 11.6 Å². The minimum atomic E-state index is -0.954. The molecule has 1 aliphatic heterocycles. The van der Waals surface area contributed by atoms with E-state index in [1.165, 1.54) is 30.3 Å². The maximum Gasteiger partial charge on any atom is 0.184 e. The lowest BCUT2D eigenvalue weighted by Crippen LogP contribution is -2.57. The Morgan fingerprint density at radius 2 is 1.74 bits per heavy atom. The van der Waals surface area contributed by atoms with Crippen molar-refractivity contribution < 1.29 is 13.9 Å². The molecular formula is C26H24ClF2N5O. The molecule has 0 amide bonds. The van der Waals surface area contributed by atoms with Crippen LogP contribution in [0.3, 0.4) is 0 Å². The fourth-order valence-electron chi connectivity index (χ4n) is 4.47. The zero-order chi connectivity index (χ0) is 24.5. The Labute approximate surface area is 206 Å². The first kappa shape index (κ1) is 23.4. The van der Waals surface area contributed by atoms with Gasteiger partial charge in [0.2, 0.25) is 0 Å². The minimum absolute atomic E-state index is 0.00470. The van der Waals surface area contributed by atoms with E-state index in [1.807, 2.05) is 29.2 Å². The second kappa shape index (κ2) is 9.73. The monoisotopic (exact) mass is 495 g/mol. The molecule has 1 aliphatic rings. The van der Waals surface area contributed by atoms with Crippen LogP contribution in [0.15, 0.2) is 66.7 Å². The molecule has 2 N–H and O–H groups in total. The molecule has 3 aromatic carbocycles. The van der Waals surface area contributed by atoms with Crippen LogP contribution in [0.2, 0.25) is 5.02 Å². The number of aromatic nitrogens is 2. The number of nitrogens with one attached hydrogen (secondary N) is 1. The first-order valence-corrected chi connectivity index (χ1v) is 11.7. The highest BCUT2D eigenvalue weighted by Crippen LogP contribution is 2.33. The van der Waals surface area contributed by atoms with Crippen molar-refractivity contribution in [3.8, 4) is 11.3 Å². The van der Waals surface area contributed by atoms with Gasteiger partial charge >= 0.3 is 0 Å². The summed E-state index contributed by atoms with van der Waals surface area (Å²) in [4.78, 5) is 4.09. The van der Waals surface area contributed by atoms with Gasteiger partial charge in [0.05, 0.1) is 5.02 Å². The minimum Gasteiger partial charge on any atom is -0.361 e. The van der Waals surface area contributed by atoms with Gasteiger partial charge in [0.25, 0.3) is 0 Å². The number of halogens is 3. The SMILES string of the molecule is CC1CN(C(O)Nc2ccc(F)c(Cl)c2)CCN1c1nnc(-c2ccc(F)cc2)c2ccccc12. The van der Waals surface area contributed by atoms with Gasteiger partial charge in [0.1, 0.15) is 17.3 Å². The Morgan fingerprint density at radius 3 is 2.46 bits per heavy atom. The lowest BCUT2D eigenvalue weighted by atomic mass is 10.0. The van der Waals surface area contributed by atoms with E-state index in [4.69, 9.17) is 11.6 Å². The summed E-state index contributed by atoms with van der Waals surface area (Å²) in [5, 5.41) is 24.7. The number of fused-ring (bicyclic) bond motifs is 1. The fraction of sp³-hybridized carbons (Fsp3) is 0.231. The number of nitrogens with zero attached hydrogens (tertiary/aromatic N) is 4. The van der Waals surface area contributed by atoms with Gasteiger partial charge in [-0.05, 0) is 49.4 Å². The van der Waals surface area contributed by atoms with Crippen LogP contribution >= 0.6 is 11.6 Å². The van der Waals surface area contributed by atoms with Crippen molar-refractivity contribution in [3.63, 3.8) is 0 Å². The second-order valence-corrected chi connectivity index (χ2v) is 9.02. The van der Waals surface area contributed by atoms with Crippen molar-refractivity contribution in [1.29, 1.82) is 0 Å². The molecule has 0 bridgehead atoms. The quantitative estimate of drug-likeness (QED) is 0.374. The molecule has 1 fully saturated rings. The molecule has 2 atom stereocenters. The van der Waals surface area contributed by atoms with Gasteiger partial charge in [0, 0.05) is 47.7 Å². The predicted molar refractivity (Wildman–Crippen MR) is 134 cm³/mol. The third-order valence-corrected chi connectivity index (χ3v) is 6.57. The lowest BCUT2D eigenvalue weighted by Gasteiger charge is -2.42. The average Bonchev–Trinajstić information content (AvgIpc) is 2.86. The molecule has 1 aromatic heterocycles. The number of rotatable bonds is 5. The highest BCUT2D eigenvalue weighted by Gasteiger charge is 2.30. The first-order valence-electron chi connectivity index (χ1n) is 11.3. The van der Waals surface area contributed by atoms with E-state index in [9.17, 15) is 13.9 Å². The largest absolute Gasteiger partial charge is 0.361 e. The zero-order valence-electron chi connectivity index (χ0n) is 19.0. The fourth-order valence-corrected chi connectivity index (χ4v) is 4.65. The van der Waals surface area contributed by atoms with E-state index in [2.05, 4.69) is 27.3 Å². The Bertz CT molecular complexity index is 1350. The Balaban J connectivity index is 1.36. The van der Waals surface area contributed by atoms with Crippen molar-refractivity contribution in [2.45, 2.75) is 19.3 Å². The number of hydrogen-bond acceptors (Lipinski definition) is 6. The van der Waals surface area contributed by atoms with Crippen molar-refractivity contribution in [2.24, 2.45) is 0 Å². The summed E-state index contributed by atoms with van der Waals surface area (Å²) >= 11 is 5.85. The molecule has 35 heavy (non-hydrogen) atoms. The molecule has 180 valence electrons. The van der Waals surface area contributed by atoms with Gasteiger partial charge in [-0.3, -0.25) is 4.90 Å². The number of aliphatic hydroxyl groups excluding tert-OH is 1. The highest BCUT2D eigenvalue weighted by atomic mass is 35.5. The smallest absolute Gasteiger partial charge is 0.184 e. The van der Waals surface area contributed by atoms with Crippen LogP contribution in [0.4, 0.5) is 20.3 Å². The standard InChI is InChI=1S/C26H24ClF2N5O/c1-16-15-33(26(35)30-19-10-11-23(29)22(27)14-19)12-13-34(16)25-21-5-3-2-4-20(21)24(31-32-25)17-6-8-18(28)9-7-17/h2-11,14,16,26,30,35H,12-13,15H2,1H3. The van der Waals surface area contributed by atoms with Crippen LogP contribution < -0.4 is 10.2 Å². The van der Waals surface area contributed by atoms with Crippen molar-refractivity contribution in [3.05, 3.63) is 83.4 Å². The van der Waals surface area contributed by atoms with Crippen LogP contribution in [0.5, 0.6) is 0 Å². The van der Waals surface area contributed by atoms with E-state index in [0.717, 1.165) is 22.2 Å². The van der Waals surface area contributed by atoms with E-state index >= 15 is 0 Å². The maximum absolute atomic E-state index is 13.4. The van der Waals surface area contributed by atoms with Crippen molar-refractivity contribution >= 4 is 33.9 Å². The van der Waals surface area contributed by atoms with Crippen LogP contribution in [-0.2, 0) is 0 Å². The molecule has 0 saturated carbocycles. The molecule has 1 saturated heterocycles. The molecule has 2 unspecified atom stereocenters. The van der Waals surface area contributed by atoms with E-state index < -0.39 is 12.2 Å². The molecule has 0 spiro atoms. The summed E-state index contributed by atoms with van der Waals surface area (Å²) in [6, 6.07) is 18.4. The van der Waals surface area contributed by atoms with Gasteiger partial charge in [-0.2, -0.15) is 0 Å².